The standard InChI is InChI=1S/C17H13Cl2FN4O2S/c18-14-5-4-11(9-22-14)27-15-8-10(6-7-21-17(25)26)23-24(15)13-3-1-2-12(20)16(13)19/h1-5,8-9,21H,6-7H2,(H,25,26). The number of halogens is 3. The van der Waals surface area contributed by atoms with Crippen LogP contribution in [0.4, 0.5) is 9.18 Å². The van der Waals surface area contributed by atoms with Gasteiger partial charge in [-0.25, -0.2) is 18.9 Å². The minimum Gasteiger partial charge on any atom is -0.465 e. The number of carboxylic acid groups (broad SMARTS) is 1. The highest BCUT2D eigenvalue weighted by Gasteiger charge is 2.16. The number of hydrogen-bond acceptors (Lipinski definition) is 4. The maximum Gasteiger partial charge on any atom is 0.404 e. The normalized spacial score (nSPS) is 10.8. The number of nitrogens with one attached hydrogen (secondary N) is 1. The molecule has 2 heterocycles. The SMILES string of the molecule is O=C(O)NCCc1cc(Sc2ccc(Cl)nc2)n(-c2cccc(F)c2Cl)n1. The Labute approximate surface area is 168 Å². The van der Waals surface area contributed by atoms with Crippen molar-refractivity contribution in [3.63, 3.8) is 0 Å². The van der Waals surface area contributed by atoms with Gasteiger partial charge in [0.1, 0.15) is 21.0 Å². The molecule has 0 saturated heterocycles. The molecule has 140 valence electrons. The summed E-state index contributed by atoms with van der Waals surface area (Å²) in [5, 5.41) is 16.4. The lowest BCUT2D eigenvalue weighted by molar-refractivity contribution is 0.194. The molecular weight excluding hydrogens is 414 g/mol. The average molecular weight is 427 g/mol. The molecule has 0 fully saturated rings. The highest BCUT2D eigenvalue weighted by Crippen LogP contribution is 2.33. The number of pyridine rings is 1. The molecule has 3 rings (SSSR count). The maximum atomic E-state index is 13.9. The van der Waals surface area contributed by atoms with Crippen LogP contribution in [0.15, 0.2) is 52.5 Å². The molecule has 1 aromatic carbocycles. The lowest BCUT2D eigenvalue weighted by atomic mass is 10.3. The van der Waals surface area contributed by atoms with Gasteiger partial charge in [0.25, 0.3) is 0 Å². The second-order valence-corrected chi connectivity index (χ2v) is 7.22. The van der Waals surface area contributed by atoms with Crippen LogP contribution >= 0.6 is 35.0 Å². The van der Waals surface area contributed by atoms with Crippen LogP contribution in [0.5, 0.6) is 0 Å². The van der Waals surface area contributed by atoms with Gasteiger partial charge < -0.3 is 10.4 Å². The van der Waals surface area contributed by atoms with E-state index >= 15 is 0 Å². The predicted octanol–water partition coefficient (Wildman–Crippen LogP) is 4.67. The number of rotatable bonds is 6. The number of amides is 1. The van der Waals surface area contributed by atoms with E-state index in [2.05, 4.69) is 15.4 Å². The molecule has 1 amide bonds. The third-order valence-electron chi connectivity index (χ3n) is 3.47. The van der Waals surface area contributed by atoms with E-state index in [1.54, 1.807) is 36.5 Å². The number of carbonyl (C=O) groups is 1. The van der Waals surface area contributed by atoms with Crippen LogP contribution in [0.2, 0.25) is 10.2 Å². The van der Waals surface area contributed by atoms with Gasteiger partial charge in [-0.15, -0.1) is 0 Å². The lowest BCUT2D eigenvalue weighted by Crippen LogP contribution is -2.23. The van der Waals surface area contributed by atoms with Crippen LogP contribution in [-0.2, 0) is 6.42 Å². The first-order valence-electron chi connectivity index (χ1n) is 7.73. The van der Waals surface area contributed by atoms with Crippen LogP contribution < -0.4 is 5.32 Å². The Bertz CT molecular complexity index is 966. The van der Waals surface area contributed by atoms with Crippen molar-refractivity contribution in [2.24, 2.45) is 0 Å². The smallest absolute Gasteiger partial charge is 0.404 e. The Kier molecular flexibility index (Phi) is 6.20. The number of hydrogen-bond donors (Lipinski definition) is 2. The van der Waals surface area contributed by atoms with E-state index in [0.29, 0.717) is 28.0 Å². The Morgan fingerprint density at radius 2 is 2.11 bits per heavy atom. The fourth-order valence-corrected chi connectivity index (χ4v) is 3.50. The first-order valence-corrected chi connectivity index (χ1v) is 9.31. The van der Waals surface area contributed by atoms with E-state index in [1.165, 1.54) is 22.5 Å². The van der Waals surface area contributed by atoms with Crippen molar-refractivity contribution in [1.82, 2.24) is 20.1 Å². The van der Waals surface area contributed by atoms with Crippen LogP contribution in [0.25, 0.3) is 5.69 Å². The van der Waals surface area contributed by atoms with Crippen molar-refractivity contribution in [3.05, 3.63) is 64.3 Å². The molecule has 0 radical (unpaired) electrons. The van der Waals surface area contributed by atoms with Gasteiger partial charge in [0.05, 0.1) is 11.4 Å². The first kappa shape index (κ1) is 19.5. The second-order valence-electron chi connectivity index (χ2n) is 5.36. The summed E-state index contributed by atoms with van der Waals surface area (Å²) < 4.78 is 15.4. The highest BCUT2D eigenvalue weighted by molar-refractivity contribution is 7.99. The van der Waals surface area contributed by atoms with E-state index < -0.39 is 11.9 Å². The van der Waals surface area contributed by atoms with Crippen LogP contribution in [-0.4, -0.2) is 32.5 Å². The zero-order chi connectivity index (χ0) is 19.4. The van der Waals surface area contributed by atoms with Gasteiger partial charge in [0.15, 0.2) is 0 Å². The lowest BCUT2D eigenvalue weighted by Gasteiger charge is -2.09. The third kappa shape index (κ3) is 4.91. The Morgan fingerprint density at radius 1 is 1.30 bits per heavy atom. The molecule has 0 atom stereocenters. The van der Waals surface area contributed by atoms with Crippen molar-refractivity contribution in [2.75, 3.05) is 6.54 Å². The fraction of sp³-hybridized carbons (Fsp3) is 0.118. The quantitative estimate of drug-likeness (QED) is 0.559. The first-order chi connectivity index (χ1) is 12.9. The minimum atomic E-state index is -1.11. The Hall–Kier alpha value is -2.29. The minimum absolute atomic E-state index is 0.0492. The molecule has 0 bridgehead atoms. The van der Waals surface area contributed by atoms with Crippen molar-refractivity contribution in [1.29, 1.82) is 0 Å². The molecule has 3 aromatic rings. The van der Waals surface area contributed by atoms with Gasteiger partial charge >= 0.3 is 6.09 Å². The molecule has 10 heteroatoms. The summed E-state index contributed by atoms with van der Waals surface area (Å²) in [6.07, 6.45) is 0.881. The number of benzene rings is 1. The molecule has 0 aliphatic carbocycles. The zero-order valence-corrected chi connectivity index (χ0v) is 16.0. The van der Waals surface area contributed by atoms with Gasteiger partial charge in [-0.2, -0.15) is 5.10 Å². The molecule has 2 aromatic heterocycles. The molecule has 27 heavy (non-hydrogen) atoms. The second kappa shape index (κ2) is 8.60. The van der Waals surface area contributed by atoms with Crippen LogP contribution in [0.3, 0.4) is 0 Å². The monoisotopic (exact) mass is 426 g/mol. The molecule has 2 N–H and O–H groups in total. The molecule has 0 spiro atoms. The summed E-state index contributed by atoms with van der Waals surface area (Å²) in [5.41, 5.74) is 1.02. The van der Waals surface area contributed by atoms with Gasteiger partial charge in [-0.3, -0.25) is 0 Å². The maximum absolute atomic E-state index is 13.9. The Balaban J connectivity index is 1.95. The third-order valence-corrected chi connectivity index (χ3v) is 5.04. The van der Waals surface area contributed by atoms with Gasteiger partial charge in [-0.1, -0.05) is 41.0 Å². The molecule has 0 saturated carbocycles. The van der Waals surface area contributed by atoms with Crippen LogP contribution in [0.1, 0.15) is 5.69 Å². The van der Waals surface area contributed by atoms with E-state index in [9.17, 15) is 9.18 Å². The molecule has 6 nitrogen and oxygen atoms in total. The van der Waals surface area contributed by atoms with Crippen molar-refractivity contribution < 1.29 is 14.3 Å². The van der Waals surface area contributed by atoms with E-state index in [0.717, 1.165) is 4.90 Å². The Morgan fingerprint density at radius 3 is 2.81 bits per heavy atom. The summed E-state index contributed by atoms with van der Waals surface area (Å²) in [5.74, 6) is -0.553. The van der Waals surface area contributed by atoms with Gasteiger partial charge in [-0.05, 0) is 30.3 Å². The van der Waals surface area contributed by atoms with Crippen molar-refractivity contribution >= 4 is 41.1 Å². The fourth-order valence-electron chi connectivity index (χ4n) is 2.27. The van der Waals surface area contributed by atoms with E-state index in [1.807, 2.05) is 0 Å². The molecule has 0 aliphatic rings. The average Bonchev–Trinajstić information content (AvgIpc) is 3.01. The largest absolute Gasteiger partial charge is 0.465 e. The van der Waals surface area contributed by atoms with Crippen molar-refractivity contribution in [3.8, 4) is 5.69 Å². The van der Waals surface area contributed by atoms with Gasteiger partial charge in [0.2, 0.25) is 0 Å². The number of nitrogens with zero attached hydrogens (tertiary/aromatic N) is 3. The molecule has 0 aliphatic heterocycles. The summed E-state index contributed by atoms with van der Waals surface area (Å²) in [6.45, 7) is 0.204. The topological polar surface area (TPSA) is 80.0 Å². The summed E-state index contributed by atoms with van der Waals surface area (Å²) in [7, 11) is 0. The zero-order valence-electron chi connectivity index (χ0n) is 13.7. The van der Waals surface area contributed by atoms with Crippen LogP contribution in [0, 0.1) is 5.82 Å². The highest BCUT2D eigenvalue weighted by atomic mass is 35.5. The summed E-state index contributed by atoms with van der Waals surface area (Å²) in [4.78, 5) is 15.5. The summed E-state index contributed by atoms with van der Waals surface area (Å²) >= 11 is 13.3. The molecule has 0 unspecified atom stereocenters. The van der Waals surface area contributed by atoms with E-state index in [-0.39, 0.29) is 11.6 Å². The van der Waals surface area contributed by atoms with E-state index in [4.69, 9.17) is 28.3 Å². The van der Waals surface area contributed by atoms with Gasteiger partial charge in [0, 0.05) is 24.1 Å². The molecular formula is C17H13Cl2FN4O2S. The predicted molar refractivity (Wildman–Crippen MR) is 102 cm³/mol. The van der Waals surface area contributed by atoms with Crippen molar-refractivity contribution in [2.45, 2.75) is 16.3 Å². The number of aromatic nitrogens is 3. The summed E-state index contributed by atoms with van der Waals surface area (Å²) in [6, 6.07) is 9.73.